The van der Waals surface area contributed by atoms with Crippen LogP contribution in [0.1, 0.15) is 33.6 Å². The molecule has 0 aliphatic heterocycles. The monoisotopic (exact) mass is 158 g/mol. The Morgan fingerprint density at radius 1 is 1.55 bits per heavy atom. The maximum atomic E-state index is 11.2. The Morgan fingerprint density at radius 3 is 2.45 bits per heavy atom. The lowest BCUT2D eigenvalue weighted by molar-refractivity contribution is -0.125. The summed E-state index contributed by atoms with van der Waals surface area (Å²) in [6, 6.07) is 0. The van der Waals surface area contributed by atoms with E-state index < -0.39 is 5.54 Å². The molecule has 0 aliphatic carbocycles. The van der Waals surface area contributed by atoms with Crippen molar-refractivity contribution in [3.63, 3.8) is 0 Å². The van der Waals surface area contributed by atoms with Gasteiger partial charge in [-0.25, -0.2) is 0 Å². The van der Waals surface area contributed by atoms with E-state index in [1.54, 1.807) is 6.92 Å². The number of likely N-dealkylation sites (N-methyl/N-ethyl adjacent to an activating group) is 1. The van der Waals surface area contributed by atoms with Gasteiger partial charge in [0.25, 0.3) is 0 Å². The van der Waals surface area contributed by atoms with Gasteiger partial charge < -0.3 is 11.1 Å². The van der Waals surface area contributed by atoms with Crippen LogP contribution in [0.4, 0.5) is 0 Å². The zero-order chi connectivity index (χ0) is 8.91. The molecule has 11 heavy (non-hydrogen) atoms. The van der Waals surface area contributed by atoms with E-state index in [1.165, 1.54) is 0 Å². The molecule has 0 bridgehead atoms. The van der Waals surface area contributed by atoms with Crippen molar-refractivity contribution in [1.29, 1.82) is 0 Å². The second-order valence-electron chi connectivity index (χ2n) is 3.03. The van der Waals surface area contributed by atoms with Crippen LogP contribution in [0.5, 0.6) is 0 Å². The number of nitrogens with two attached hydrogens (primary N) is 1. The van der Waals surface area contributed by atoms with Gasteiger partial charge in [-0.15, -0.1) is 0 Å². The Morgan fingerprint density at radius 2 is 2.09 bits per heavy atom. The molecule has 1 atom stereocenters. The van der Waals surface area contributed by atoms with Gasteiger partial charge in [-0.1, -0.05) is 13.3 Å². The van der Waals surface area contributed by atoms with Crippen LogP contribution in [0.15, 0.2) is 0 Å². The minimum absolute atomic E-state index is 0.0538. The molecule has 0 aromatic carbocycles. The van der Waals surface area contributed by atoms with Crippen LogP contribution in [-0.2, 0) is 4.79 Å². The molecule has 0 saturated heterocycles. The molecule has 0 aliphatic rings. The van der Waals surface area contributed by atoms with Crippen molar-refractivity contribution < 1.29 is 4.79 Å². The molecule has 3 heteroatoms. The van der Waals surface area contributed by atoms with Crippen molar-refractivity contribution in [3.8, 4) is 0 Å². The largest absolute Gasteiger partial charge is 0.355 e. The molecule has 0 radical (unpaired) electrons. The molecule has 1 amide bonds. The smallest absolute Gasteiger partial charge is 0.239 e. The Bertz CT molecular complexity index is 132. The maximum absolute atomic E-state index is 11.2. The van der Waals surface area contributed by atoms with Crippen LogP contribution in [0.3, 0.4) is 0 Å². The predicted octanol–water partition coefficient (Wildman–Crippen LogP) is 0.640. The standard InChI is InChI=1S/C8H18N2O/c1-4-6-8(3,9)7(11)10-5-2/h4-6,9H2,1-3H3,(H,10,11). The van der Waals surface area contributed by atoms with E-state index in [-0.39, 0.29) is 5.91 Å². The Kier molecular flexibility index (Phi) is 4.11. The van der Waals surface area contributed by atoms with Crippen LogP contribution < -0.4 is 11.1 Å². The third-order valence-electron chi connectivity index (χ3n) is 1.63. The molecule has 0 rings (SSSR count). The molecule has 3 nitrogen and oxygen atoms in total. The summed E-state index contributed by atoms with van der Waals surface area (Å²) in [6.07, 6.45) is 1.67. The predicted molar refractivity (Wildman–Crippen MR) is 46.2 cm³/mol. The number of amides is 1. The summed E-state index contributed by atoms with van der Waals surface area (Å²) in [7, 11) is 0. The van der Waals surface area contributed by atoms with E-state index in [2.05, 4.69) is 5.32 Å². The van der Waals surface area contributed by atoms with Gasteiger partial charge >= 0.3 is 0 Å². The molecular formula is C8H18N2O. The van der Waals surface area contributed by atoms with Crippen LogP contribution >= 0.6 is 0 Å². The Balaban J connectivity index is 3.94. The fourth-order valence-electron chi connectivity index (χ4n) is 0.995. The summed E-state index contributed by atoms with van der Waals surface area (Å²) >= 11 is 0. The van der Waals surface area contributed by atoms with E-state index in [0.29, 0.717) is 6.54 Å². The van der Waals surface area contributed by atoms with Gasteiger partial charge in [0.1, 0.15) is 0 Å². The van der Waals surface area contributed by atoms with Gasteiger partial charge in [0.15, 0.2) is 0 Å². The van der Waals surface area contributed by atoms with Crippen LogP contribution in [-0.4, -0.2) is 18.0 Å². The van der Waals surface area contributed by atoms with Gasteiger partial charge in [-0.2, -0.15) is 0 Å². The normalized spacial score (nSPS) is 15.6. The molecule has 0 aromatic rings. The summed E-state index contributed by atoms with van der Waals surface area (Å²) in [5, 5.41) is 2.71. The quantitative estimate of drug-likeness (QED) is 0.631. The fraction of sp³-hybridized carbons (Fsp3) is 0.875. The van der Waals surface area contributed by atoms with Crippen LogP contribution in [0.25, 0.3) is 0 Å². The first kappa shape index (κ1) is 10.4. The second kappa shape index (κ2) is 4.34. The van der Waals surface area contributed by atoms with E-state index >= 15 is 0 Å². The molecule has 0 saturated carbocycles. The number of rotatable bonds is 4. The van der Waals surface area contributed by atoms with Crippen molar-refractivity contribution >= 4 is 5.91 Å². The summed E-state index contributed by atoms with van der Waals surface area (Å²) in [5.41, 5.74) is 5.06. The van der Waals surface area contributed by atoms with Gasteiger partial charge in [0.05, 0.1) is 5.54 Å². The van der Waals surface area contributed by atoms with E-state index in [4.69, 9.17) is 5.73 Å². The number of hydrogen-bond acceptors (Lipinski definition) is 2. The summed E-state index contributed by atoms with van der Waals surface area (Å²) in [6.45, 7) is 6.32. The van der Waals surface area contributed by atoms with Crippen molar-refractivity contribution in [3.05, 3.63) is 0 Å². The zero-order valence-electron chi connectivity index (χ0n) is 7.61. The first-order chi connectivity index (χ1) is 5.04. The number of hydrogen-bond donors (Lipinski definition) is 2. The summed E-state index contributed by atoms with van der Waals surface area (Å²) in [4.78, 5) is 11.2. The molecule has 0 fully saturated rings. The Hall–Kier alpha value is -0.570. The van der Waals surface area contributed by atoms with Crippen LogP contribution in [0.2, 0.25) is 0 Å². The first-order valence-corrected chi connectivity index (χ1v) is 4.11. The SMILES string of the molecule is CCCC(C)(N)C(=O)NCC. The molecule has 3 N–H and O–H groups in total. The van der Waals surface area contributed by atoms with Crippen molar-refractivity contribution in [2.75, 3.05) is 6.54 Å². The summed E-state index contributed by atoms with van der Waals surface area (Å²) < 4.78 is 0. The van der Waals surface area contributed by atoms with Crippen molar-refractivity contribution in [2.45, 2.75) is 39.2 Å². The second-order valence-corrected chi connectivity index (χ2v) is 3.03. The zero-order valence-corrected chi connectivity index (χ0v) is 7.61. The van der Waals surface area contributed by atoms with E-state index in [1.807, 2.05) is 13.8 Å². The first-order valence-electron chi connectivity index (χ1n) is 4.11. The van der Waals surface area contributed by atoms with Gasteiger partial charge in [0, 0.05) is 6.54 Å². The van der Waals surface area contributed by atoms with Crippen LogP contribution in [0, 0.1) is 0 Å². The van der Waals surface area contributed by atoms with E-state index in [0.717, 1.165) is 12.8 Å². The summed E-state index contributed by atoms with van der Waals surface area (Å²) in [5.74, 6) is -0.0538. The third kappa shape index (κ3) is 3.37. The molecule has 66 valence electrons. The number of nitrogens with one attached hydrogen (secondary N) is 1. The Labute approximate surface area is 68.3 Å². The van der Waals surface area contributed by atoms with Crippen molar-refractivity contribution in [1.82, 2.24) is 5.32 Å². The highest BCUT2D eigenvalue weighted by Gasteiger charge is 2.25. The lowest BCUT2D eigenvalue weighted by Crippen LogP contribution is -2.51. The number of carbonyl (C=O) groups excluding carboxylic acids is 1. The van der Waals surface area contributed by atoms with Crippen molar-refractivity contribution in [2.24, 2.45) is 5.73 Å². The topological polar surface area (TPSA) is 55.1 Å². The highest BCUT2D eigenvalue weighted by atomic mass is 16.2. The highest BCUT2D eigenvalue weighted by molar-refractivity contribution is 5.85. The number of carbonyl (C=O) groups is 1. The average Bonchev–Trinajstić information content (AvgIpc) is 1.88. The lowest BCUT2D eigenvalue weighted by Gasteiger charge is -2.22. The van der Waals surface area contributed by atoms with Gasteiger partial charge in [0.2, 0.25) is 5.91 Å². The van der Waals surface area contributed by atoms with Gasteiger partial charge in [-0.05, 0) is 20.3 Å². The van der Waals surface area contributed by atoms with Gasteiger partial charge in [-0.3, -0.25) is 4.79 Å². The molecule has 0 heterocycles. The third-order valence-corrected chi connectivity index (χ3v) is 1.63. The lowest BCUT2D eigenvalue weighted by atomic mass is 9.97. The molecule has 0 spiro atoms. The highest BCUT2D eigenvalue weighted by Crippen LogP contribution is 2.07. The molecular weight excluding hydrogens is 140 g/mol. The minimum Gasteiger partial charge on any atom is -0.355 e. The van der Waals surface area contributed by atoms with E-state index in [9.17, 15) is 4.79 Å². The minimum atomic E-state index is -0.690. The molecule has 1 unspecified atom stereocenters. The molecule has 0 aromatic heterocycles. The fourth-order valence-corrected chi connectivity index (χ4v) is 0.995. The average molecular weight is 158 g/mol. The maximum Gasteiger partial charge on any atom is 0.239 e.